The fraction of sp³-hybridized carbons (Fsp3) is 0.842. The van der Waals surface area contributed by atoms with E-state index in [2.05, 4.69) is 5.32 Å². The lowest BCUT2D eigenvalue weighted by molar-refractivity contribution is -0.149. The van der Waals surface area contributed by atoms with Crippen LogP contribution in [0.3, 0.4) is 0 Å². The molecule has 1 atom stereocenters. The van der Waals surface area contributed by atoms with Gasteiger partial charge in [-0.05, 0) is 48.0 Å². The van der Waals surface area contributed by atoms with Gasteiger partial charge in [-0.3, -0.25) is 9.69 Å². The quantitative estimate of drug-likeness (QED) is 0.427. The smallest absolute Gasteiger partial charge is 0.410 e. The third-order valence-corrected chi connectivity index (χ3v) is 3.91. The normalized spacial score (nSPS) is 18.4. The predicted molar refractivity (Wildman–Crippen MR) is 104 cm³/mol. The molecule has 162 valence electrons. The number of hydrogen-bond donors (Lipinski definition) is 1. The number of alkyl carbamates (subject to hydrolysis) is 1. The van der Waals surface area contributed by atoms with Crippen LogP contribution in [-0.4, -0.2) is 85.0 Å². The Hall–Kier alpha value is -2.03. The number of methoxy groups -OCH3 is 1. The van der Waals surface area contributed by atoms with Gasteiger partial charge >= 0.3 is 18.2 Å². The second kappa shape index (κ2) is 9.95. The summed E-state index contributed by atoms with van der Waals surface area (Å²) < 4.78 is 15.5. The maximum atomic E-state index is 12.3. The lowest BCUT2D eigenvalue weighted by atomic mass is 10.1. The lowest BCUT2D eigenvalue weighted by Crippen LogP contribution is -2.58. The average Bonchev–Trinajstić information content (AvgIpc) is 2.55. The number of rotatable bonds is 5. The predicted octanol–water partition coefficient (Wildman–Crippen LogP) is 2.00. The molecular weight excluding hydrogens is 366 g/mol. The molecule has 1 fully saturated rings. The minimum atomic E-state index is -0.595. The molecule has 1 rings (SSSR count). The molecule has 1 aliphatic rings. The average molecular weight is 402 g/mol. The van der Waals surface area contributed by atoms with Crippen molar-refractivity contribution in [1.82, 2.24) is 15.1 Å². The van der Waals surface area contributed by atoms with Gasteiger partial charge in [-0.25, -0.2) is 9.59 Å². The zero-order valence-electron chi connectivity index (χ0n) is 18.2. The van der Waals surface area contributed by atoms with Crippen molar-refractivity contribution in [2.24, 2.45) is 0 Å². The van der Waals surface area contributed by atoms with Gasteiger partial charge in [0.2, 0.25) is 0 Å². The first-order valence-corrected chi connectivity index (χ1v) is 9.59. The number of hydrogen-bond acceptors (Lipinski definition) is 7. The zero-order valence-corrected chi connectivity index (χ0v) is 18.2. The first-order chi connectivity index (χ1) is 12.8. The van der Waals surface area contributed by atoms with Crippen molar-refractivity contribution < 1.29 is 28.6 Å². The largest absolute Gasteiger partial charge is 0.468 e. The molecule has 1 heterocycles. The highest BCUT2D eigenvalue weighted by Gasteiger charge is 2.36. The van der Waals surface area contributed by atoms with Gasteiger partial charge in [0.1, 0.15) is 17.2 Å². The van der Waals surface area contributed by atoms with Gasteiger partial charge < -0.3 is 24.4 Å². The topological polar surface area (TPSA) is 97.4 Å². The second-order valence-electron chi connectivity index (χ2n) is 8.78. The van der Waals surface area contributed by atoms with Crippen LogP contribution in [0.1, 0.15) is 48.0 Å². The summed E-state index contributed by atoms with van der Waals surface area (Å²) in [5.74, 6) is -0.395. The van der Waals surface area contributed by atoms with E-state index in [0.29, 0.717) is 32.6 Å². The summed E-state index contributed by atoms with van der Waals surface area (Å²) in [4.78, 5) is 39.7. The zero-order chi connectivity index (χ0) is 21.5. The summed E-state index contributed by atoms with van der Waals surface area (Å²) in [7, 11) is 1.33. The van der Waals surface area contributed by atoms with E-state index in [9.17, 15) is 14.4 Å². The summed E-state index contributed by atoms with van der Waals surface area (Å²) in [6.07, 6.45) is -0.265. The van der Waals surface area contributed by atoms with Crippen molar-refractivity contribution in [3.8, 4) is 0 Å². The Morgan fingerprint density at radius 2 is 1.61 bits per heavy atom. The lowest BCUT2D eigenvalue weighted by Gasteiger charge is -2.40. The Kier molecular flexibility index (Phi) is 8.53. The van der Waals surface area contributed by atoms with E-state index in [1.807, 2.05) is 4.90 Å². The van der Waals surface area contributed by atoms with Crippen LogP contribution in [0.15, 0.2) is 0 Å². The van der Waals surface area contributed by atoms with Gasteiger partial charge in [0, 0.05) is 26.2 Å². The van der Waals surface area contributed by atoms with E-state index in [1.165, 1.54) is 12.0 Å². The van der Waals surface area contributed by atoms with Gasteiger partial charge in [0.25, 0.3) is 0 Å². The van der Waals surface area contributed by atoms with Crippen molar-refractivity contribution in [1.29, 1.82) is 0 Å². The van der Waals surface area contributed by atoms with Crippen molar-refractivity contribution in [2.75, 3.05) is 39.8 Å². The first kappa shape index (κ1) is 24.0. The Bertz CT molecular complexity index is 553. The number of piperazine rings is 1. The summed E-state index contributed by atoms with van der Waals surface area (Å²) in [6, 6.07) is -0.562. The molecule has 9 heteroatoms. The van der Waals surface area contributed by atoms with Crippen LogP contribution in [0.25, 0.3) is 0 Å². The number of ether oxygens (including phenoxy) is 3. The summed E-state index contributed by atoms with van der Waals surface area (Å²) in [5, 5.41) is 2.70. The number of amides is 2. The molecule has 0 radical (unpaired) electrons. The van der Waals surface area contributed by atoms with E-state index >= 15 is 0 Å². The molecule has 28 heavy (non-hydrogen) atoms. The highest BCUT2D eigenvalue weighted by molar-refractivity contribution is 5.77. The maximum absolute atomic E-state index is 12.3. The van der Waals surface area contributed by atoms with Gasteiger partial charge in [-0.2, -0.15) is 0 Å². The highest BCUT2D eigenvalue weighted by atomic mass is 16.6. The van der Waals surface area contributed by atoms with Crippen LogP contribution in [0.5, 0.6) is 0 Å². The molecule has 9 nitrogen and oxygen atoms in total. The number of esters is 1. The number of carbonyl (C=O) groups excluding carboxylic acids is 3. The van der Waals surface area contributed by atoms with Crippen LogP contribution < -0.4 is 5.32 Å². The van der Waals surface area contributed by atoms with E-state index in [1.54, 1.807) is 41.5 Å². The number of nitrogens with zero attached hydrogens (tertiary/aromatic N) is 2. The van der Waals surface area contributed by atoms with E-state index in [0.717, 1.165) is 0 Å². The fourth-order valence-corrected chi connectivity index (χ4v) is 2.73. The fourth-order valence-electron chi connectivity index (χ4n) is 2.73. The number of carbonyl (C=O) groups is 3. The molecule has 1 aliphatic heterocycles. The standard InChI is InChI=1S/C19H35N3O6/c1-18(2,3)27-16(24)20-9-8-10-21-11-12-22(13-14(21)15(23)26-7)17(25)28-19(4,5)6/h14H,8-13H2,1-7H3,(H,20,24)/t14-/m0/s1. The van der Waals surface area contributed by atoms with Crippen LogP contribution in [0, 0.1) is 0 Å². The molecule has 0 aliphatic carbocycles. The Morgan fingerprint density at radius 1 is 1.00 bits per heavy atom. The van der Waals surface area contributed by atoms with Crippen LogP contribution in [0.4, 0.5) is 9.59 Å². The van der Waals surface area contributed by atoms with Crippen molar-refractivity contribution in [2.45, 2.75) is 65.2 Å². The summed E-state index contributed by atoms with van der Waals surface area (Å²) >= 11 is 0. The third-order valence-electron chi connectivity index (χ3n) is 3.91. The molecule has 0 aromatic rings. The number of nitrogens with one attached hydrogen (secondary N) is 1. The maximum Gasteiger partial charge on any atom is 0.410 e. The van der Waals surface area contributed by atoms with Gasteiger partial charge in [-0.15, -0.1) is 0 Å². The van der Waals surface area contributed by atoms with Crippen molar-refractivity contribution >= 4 is 18.2 Å². The molecule has 0 bridgehead atoms. The van der Waals surface area contributed by atoms with Crippen molar-refractivity contribution in [3.63, 3.8) is 0 Å². The van der Waals surface area contributed by atoms with Gasteiger partial charge in [-0.1, -0.05) is 0 Å². The summed E-state index contributed by atoms with van der Waals surface area (Å²) in [5.41, 5.74) is -1.14. The summed E-state index contributed by atoms with van der Waals surface area (Å²) in [6.45, 7) is 13.0. The Labute approximate surface area is 167 Å². The van der Waals surface area contributed by atoms with Crippen LogP contribution >= 0.6 is 0 Å². The minimum Gasteiger partial charge on any atom is -0.468 e. The molecule has 1 N–H and O–H groups in total. The molecule has 1 saturated heterocycles. The second-order valence-corrected chi connectivity index (χ2v) is 8.78. The van der Waals surface area contributed by atoms with Crippen LogP contribution in [0.2, 0.25) is 0 Å². The monoisotopic (exact) mass is 401 g/mol. The molecule has 0 unspecified atom stereocenters. The van der Waals surface area contributed by atoms with Crippen LogP contribution in [-0.2, 0) is 19.0 Å². The molecule has 0 spiro atoms. The minimum absolute atomic E-state index is 0.209. The van der Waals surface area contributed by atoms with E-state index in [4.69, 9.17) is 14.2 Å². The molecule has 2 amide bonds. The SMILES string of the molecule is COC(=O)[C@@H]1CN(C(=O)OC(C)(C)C)CCN1CCCNC(=O)OC(C)(C)C. The molecule has 0 aromatic carbocycles. The van der Waals surface area contributed by atoms with Crippen molar-refractivity contribution in [3.05, 3.63) is 0 Å². The van der Waals surface area contributed by atoms with Gasteiger partial charge in [0.05, 0.1) is 13.7 Å². The van der Waals surface area contributed by atoms with Gasteiger partial charge in [0.15, 0.2) is 0 Å². The molecule has 0 saturated carbocycles. The highest BCUT2D eigenvalue weighted by Crippen LogP contribution is 2.16. The molecule has 0 aromatic heterocycles. The first-order valence-electron chi connectivity index (χ1n) is 9.59. The Balaban J connectivity index is 2.54. The van der Waals surface area contributed by atoms with E-state index < -0.39 is 35.4 Å². The third kappa shape index (κ3) is 8.77. The Morgan fingerprint density at radius 3 is 2.14 bits per heavy atom. The van der Waals surface area contributed by atoms with E-state index in [-0.39, 0.29) is 6.54 Å². The molecular formula is C19H35N3O6.